The van der Waals surface area contributed by atoms with Crippen LogP contribution < -0.4 is 5.32 Å². The van der Waals surface area contributed by atoms with Crippen LogP contribution in [0.3, 0.4) is 0 Å². The molecule has 5 heteroatoms. The van der Waals surface area contributed by atoms with Crippen molar-refractivity contribution >= 4 is 17.2 Å². The molecule has 0 spiro atoms. The van der Waals surface area contributed by atoms with E-state index < -0.39 is 0 Å². The summed E-state index contributed by atoms with van der Waals surface area (Å²) >= 11 is 1.65. The Kier molecular flexibility index (Phi) is 4.37. The first-order chi connectivity index (χ1) is 11.7. The zero-order valence-corrected chi connectivity index (χ0v) is 14.6. The molecule has 126 valence electrons. The smallest absolute Gasteiger partial charge is 0.223 e. The Morgan fingerprint density at radius 2 is 2.25 bits per heavy atom. The van der Waals surface area contributed by atoms with E-state index in [9.17, 15) is 4.79 Å². The monoisotopic (exact) mass is 342 g/mol. The zero-order valence-electron chi connectivity index (χ0n) is 13.8. The molecule has 4 nitrogen and oxygen atoms in total. The predicted molar refractivity (Wildman–Crippen MR) is 93.9 cm³/mol. The van der Waals surface area contributed by atoms with Crippen LogP contribution in [-0.4, -0.2) is 17.5 Å². The van der Waals surface area contributed by atoms with Crippen LogP contribution in [0.4, 0.5) is 0 Å². The van der Waals surface area contributed by atoms with Crippen LogP contribution in [0, 0.1) is 12.8 Å². The second kappa shape index (κ2) is 6.65. The van der Waals surface area contributed by atoms with Crippen molar-refractivity contribution < 1.29 is 9.53 Å². The first-order valence-electron chi connectivity index (χ1n) is 8.61. The lowest BCUT2D eigenvalue weighted by Gasteiger charge is -2.26. The van der Waals surface area contributed by atoms with Crippen molar-refractivity contribution in [1.82, 2.24) is 10.3 Å². The SMILES string of the molecule is Cc1csc([C@H](NC(=O)C[C@H]2OCCc3ccccc32)C2CC2)n1. The van der Waals surface area contributed by atoms with Gasteiger partial charge in [0.15, 0.2) is 0 Å². The number of carbonyl (C=O) groups excluding carboxylic acids is 1. The number of nitrogens with one attached hydrogen (secondary N) is 1. The van der Waals surface area contributed by atoms with Gasteiger partial charge in [-0.3, -0.25) is 4.79 Å². The first-order valence-corrected chi connectivity index (χ1v) is 9.49. The summed E-state index contributed by atoms with van der Waals surface area (Å²) in [6.45, 7) is 2.69. The number of benzene rings is 1. The Morgan fingerprint density at radius 3 is 3.00 bits per heavy atom. The predicted octanol–water partition coefficient (Wildman–Crippen LogP) is 3.72. The minimum Gasteiger partial charge on any atom is -0.373 e. The van der Waals surface area contributed by atoms with Gasteiger partial charge >= 0.3 is 0 Å². The molecule has 0 bridgehead atoms. The van der Waals surface area contributed by atoms with Gasteiger partial charge in [-0.2, -0.15) is 0 Å². The van der Waals surface area contributed by atoms with Gasteiger partial charge in [-0.1, -0.05) is 24.3 Å². The van der Waals surface area contributed by atoms with Gasteiger partial charge in [0.25, 0.3) is 0 Å². The van der Waals surface area contributed by atoms with Crippen molar-refractivity contribution in [2.24, 2.45) is 5.92 Å². The molecule has 24 heavy (non-hydrogen) atoms. The third-order valence-electron chi connectivity index (χ3n) is 4.78. The maximum absolute atomic E-state index is 12.6. The van der Waals surface area contributed by atoms with Crippen LogP contribution in [-0.2, 0) is 16.0 Å². The summed E-state index contributed by atoms with van der Waals surface area (Å²) in [5, 5.41) is 6.30. The Bertz CT molecular complexity index is 738. The highest BCUT2D eigenvalue weighted by molar-refractivity contribution is 7.09. The van der Waals surface area contributed by atoms with Crippen LogP contribution in [0.5, 0.6) is 0 Å². The van der Waals surface area contributed by atoms with Crippen molar-refractivity contribution in [3.8, 4) is 0 Å². The molecule has 2 aliphatic rings. The largest absolute Gasteiger partial charge is 0.373 e. The van der Waals surface area contributed by atoms with Gasteiger partial charge in [-0.05, 0) is 43.2 Å². The van der Waals surface area contributed by atoms with E-state index in [0.29, 0.717) is 18.9 Å². The average Bonchev–Trinajstić information content (AvgIpc) is 3.34. The summed E-state index contributed by atoms with van der Waals surface area (Å²) < 4.78 is 5.87. The lowest BCUT2D eigenvalue weighted by atomic mass is 9.95. The summed E-state index contributed by atoms with van der Waals surface area (Å²) in [6.07, 6.45) is 3.52. The van der Waals surface area contributed by atoms with E-state index in [1.165, 1.54) is 18.4 Å². The molecule has 0 unspecified atom stereocenters. The summed E-state index contributed by atoms with van der Waals surface area (Å²) in [6, 6.07) is 8.34. The summed E-state index contributed by atoms with van der Waals surface area (Å²) in [5.74, 6) is 0.598. The van der Waals surface area contributed by atoms with Gasteiger partial charge in [0.05, 0.1) is 25.2 Å². The number of hydrogen-bond donors (Lipinski definition) is 1. The maximum atomic E-state index is 12.6. The number of thiazole rings is 1. The lowest BCUT2D eigenvalue weighted by molar-refractivity contribution is -0.125. The van der Waals surface area contributed by atoms with E-state index in [1.54, 1.807) is 11.3 Å². The number of fused-ring (bicyclic) bond motifs is 1. The molecule has 1 aliphatic heterocycles. The van der Waals surface area contributed by atoms with Crippen LogP contribution in [0.1, 0.15) is 53.2 Å². The van der Waals surface area contributed by atoms with Gasteiger partial charge in [-0.25, -0.2) is 4.98 Å². The van der Waals surface area contributed by atoms with Crippen LogP contribution in [0.25, 0.3) is 0 Å². The fourth-order valence-corrected chi connectivity index (χ4v) is 4.31. The Morgan fingerprint density at radius 1 is 1.42 bits per heavy atom. The number of hydrogen-bond acceptors (Lipinski definition) is 4. The summed E-state index contributed by atoms with van der Waals surface area (Å²) in [7, 11) is 0. The van der Waals surface area contributed by atoms with Gasteiger partial charge in [0, 0.05) is 11.1 Å². The fraction of sp³-hybridized carbons (Fsp3) is 0.474. The Balaban J connectivity index is 1.45. The van der Waals surface area contributed by atoms with Gasteiger partial charge in [0.1, 0.15) is 5.01 Å². The molecular weight excluding hydrogens is 320 g/mol. The normalized spacial score (nSPS) is 21.1. The number of rotatable bonds is 5. The number of aromatic nitrogens is 1. The molecule has 2 aromatic rings. The van der Waals surface area contributed by atoms with Crippen molar-refractivity contribution in [3.05, 3.63) is 51.5 Å². The van der Waals surface area contributed by atoms with E-state index >= 15 is 0 Å². The molecule has 1 N–H and O–H groups in total. The van der Waals surface area contributed by atoms with Gasteiger partial charge in [0.2, 0.25) is 5.91 Å². The van der Waals surface area contributed by atoms with Crippen LogP contribution in [0.15, 0.2) is 29.6 Å². The molecule has 1 aromatic carbocycles. The van der Waals surface area contributed by atoms with E-state index in [2.05, 4.69) is 33.9 Å². The number of nitrogens with zero attached hydrogens (tertiary/aromatic N) is 1. The highest BCUT2D eigenvalue weighted by Gasteiger charge is 2.35. The van der Waals surface area contributed by atoms with Gasteiger partial charge < -0.3 is 10.1 Å². The van der Waals surface area contributed by atoms with Crippen molar-refractivity contribution in [1.29, 1.82) is 0 Å². The quantitative estimate of drug-likeness (QED) is 0.901. The third-order valence-corrected chi connectivity index (χ3v) is 5.82. The molecule has 0 radical (unpaired) electrons. The number of amides is 1. The molecule has 1 aliphatic carbocycles. The van der Waals surface area contributed by atoms with Crippen LogP contribution >= 0.6 is 11.3 Å². The first kappa shape index (κ1) is 15.8. The topological polar surface area (TPSA) is 51.2 Å². The minimum atomic E-state index is -0.132. The highest BCUT2D eigenvalue weighted by Crippen LogP contribution is 2.42. The molecule has 2 heterocycles. The van der Waals surface area contributed by atoms with Crippen LogP contribution in [0.2, 0.25) is 0 Å². The van der Waals surface area contributed by atoms with E-state index in [1.807, 2.05) is 13.0 Å². The Hall–Kier alpha value is -1.72. The van der Waals surface area contributed by atoms with E-state index in [-0.39, 0.29) is 18.1 Å². The standard InChI is InChI=1S/C19H22N2O2S/c1-12-11-24-19(20-12)18(14-6-7-14)21-17(22)10-16-15-5-3-2-4-13(15)8-9-23-16/h2-5,11,14,16,18H,6-10H2,1H3,(H,21,22)/t16-,18-/m1/s1. The lowest BCUT2D eigenvalue weighted by Crippen LogP contribution is -2.32. The third kappa shape index (κ3) is 3.37. The fourth-order valence-electron chi connectivity index (χ4n) is 3.37. The summed E-state index contributed by atoms with van der Waals surface area (Å²) in [5.41, 5.74) is 3.49. The average molecular weight is 342 g/mol. The number of ether oxygens (including phenoxy) is 1. The van der Waals surface area contributed by atoms with Crippen molar-refractivity contribution in [3.63, 3.8) is 0 Å². The molecule has 2 atom stereocenters. The summed E-state index contributed by atoms with van der Waals surface area (Å²) in [4.78, 5) is 17.2. The molecule has 1 amide bonds. The Labute approximate surface area is 146 Å². The second-order valence-electron chi connectivity index (χ2n) is 6.72. The number of aryl methyl sites for hydroxylation is 1. The van der Waals surface area contributed by atoms with Crippen molar-refractivity contribution in [2.75, 3.05) is 6.61 Å². The van der Waals surface area contributed by atoms with E-state index in [4.69, 9.17) is 4.74 Å². The minimum absolute atomic E-state index is 0.0569. The van der Waals surface area contributed by atoms with E-state index in [0.717, 1.165) is 22.7 Å². The van der Waals surface area contributed by atoms with Crippen molar-refractivity contribution in [2.45, 2.75) is 44.8 Å². The number of carbonyl (C=O) groups is 1. The highest BCUT2D eigenvalue weighted by atomic mass is 32.1. The molecule has 0 saturated heterocycles. The molecule has 1 fully saturated rings. The van der Waals surface area contributed by atoms with Gasteiger partial charge in [-0.15, -0.1) is 11.3 Å². The zero-order chi connectivity index (χ0) is 16.5. The molecular formula is C19H22N2O2S. The molecule has 1 saturated carbocycles. The molecule has 4 rings (SSSR count). The molecule has 1 aromatic heterocycles. The maximum Gasteiger partial charge on any atom is 0.223 e. The second-order valence-corrected chi connectivity index (χ2v) is 7.61.